The summed E-state index contributed by atoms with van der Waals surface area (Å²) in [6, 6.07) is 15.2. The molecular weight excluding hydrogens is 348 g/mol. The van der Waals surface area contributed by atoms with Gasteiger partial charge in [0.25, 0.3) is 5.91 Å². The number of hydrogen-bond acceptors (Lipinski definition) is 5. The molecule has 2 aromatic carbocycles. The number of methoxy groups -OCH3 is 2. The van der Waals surface area contributed by atoms with Crippen LogP contribution in [0.3, 0.4) is 0 Å². The lowest BCUT2D eigenvalue weighted by molar-refractivity contribution is 0.102. The van der Waals surface area contributed by atoms with Crippen molar-refractivity contribution in [2.24, 2.45) is 0 Å². The van der Waals surface area contributed by atoms with Gasteiger partial charge in [-0.05, 0) is 36.2 Å². The minimum Gasteiger partial charge on any atom is -0.497 e. The Balaban J connectivity index is 1.66. The number of carbonyl (C=O) groups is 1. The van der Waals surface area contributed by atoms with Crippen molar-refractivity contribution < 1.29 is 14.3 Å². The molecule has 5 nitrogen and oxygen atoms in total. The van der Waals surface area contributed by atoms with Gasteiger partial charge in [0.15, 0.2) is 5.13 Å². The lowest BCUT2D eigenvalue weighted by Gasteiger charge is -2.04. The first-order valence-electron chi connectivity index (χ1n) is 8.19. The highest BCUT2D eigenvalue weighted by Crippen LogP contribution is 2.25. The minimum absolute atomic E-state index is 0.191. The van der Waals surface area contributed by atoms with E-state index >= 15 is 0 Å². The molecule has 0 unspecified atom stereocenters. The van der Waals surface area contributed by atoms with Crippen LogP contribution >= 0.6 is 11.3 Å². The summed E-state index contributed by atoms with van der Waals surface area (Å²) in [6.07, 6.45) is 0.886. The number of benzene rings is 2. The highest BCUT2D eigenvalue weighted by molar-refractivity contribution is 7.14. The molecule has 0 aliphatic heterocycles. The molecule has 6 heteroatoms. The number of thiazole rings is 1. The van der Waals surface area contributed by atoms with Crippen molar-refractivity contribution in [2.75, 3.05) is 26.1 Å². The predicted molar refractivity (Wildman–Crippen MR) is 104 cm³/mol. The second kappa shape index (κ2) is 8.60. The Hall–Kier alpha value is -2.70. The maximum atomic E-state index is 12.3. The van der Waals surface area contributed by atoms with E-state index in [1.54, 1.807) is 38.5 Å². The molecule has 1 amide bonds. The van der Waals surface area contributed by atoms with E-state index in [4.69, 9.17) is 9.47 Å². The van der Waals surface area contributed by atoms with Gasteiger partial charge < -0.3 is 9.47 Å². The van der Waals surface area contributed by atoms with Crippen LogP contribution in [0.2, 0.25) is 0 Å². The normalized spacial score (nSPS) is 10.5. The number of ether oxygens (including phenoxy) is 2. The molecule has 0 radical (unpaired) electrons. The number of hydrogen-bond donors (Lipinski definition) is 1. The third-order valence-electron chi connectivity index (χ3n) is 3.92. The molecule has 0 saturated heterocycles. The fourth-order valence-electron chi connectivity index (χ4n) is 2.44. The molecule has 26 heavy (non-hydrogen) atoms. The van der Waals surface area contributed by atoms with Crippen LogP contribution in [0.4, 0.5) is 5.13 Å². The smallest absolute Gasteiger partial charge is 0.257 e. The Labute approximate surface area is 156 Å². The number of aromatic nitrogens is 1. The van der Waals surface area contributed by atoms with Crippen LogP contribution in [0.1, 0.15) is 15.9 Å². The van der Waals surface area contributed by atoms with Gasteiger partial charge in [0.05, 0.1) is 19.4 Å². The summed E-state index contributed by atoms with van der Waals surface area (Å²) in [5.41, 5.74) is 3.65. The average molecular weight is 368 g/mol. The van der Waals surface area contributed by atoms with Gasteiger partial charge in [-0.3, -0.25) is 10.1 Å². The molecule has 1 heterocycles. The molecule has 0 spiro atoms. The average Bonchev–Trinajstić information content (AvgIpc) is 3.15. The molecule has 3 rings (SSSR count). The standard InChI is InChI=1S/C20H20N2O3S/c1-24-12-11-14-3-5-15(6-4-14)18-13-26-20(21-18)22-19(23)16-7-9-17(25-2)10-8-16/h3-10,13H,11-12H2,1-2H3,(H,21,22,23). The summed E-state index contributed by atoms with van der Waals surface area (Å²) in [5, 5.41) is 5.35. The predicted octanol–water partition coefficient (Wildman–Crippen LogP) is 4.26. The fourth-order valence-corrected chi connectivity index (χ4v) is 3.15. The quantitative estimate of drug-likeness (QED) is 0.677. The van der Waals surface area contributed by atoms with E-state index in [1.165, 1.54) is 16.9 Å². The minimum atomic E-state index is -0.191. The van der Waals surface area contributed by atoms with Crippen LogP contribution < -0.4 is 10.1 Å². The monoisotopic (exact) mass is 368 g/mol. The third-order valence-corrected chi connectivity index (χ3v) is 4.68. The van der Waals surface area contributed by atoms with Gasteiger partial charge in [-0.25, -0.2) is 4.98 Å². The van der Waals surface area contributed by atoms with Crippen molar-refractivity contribution >= 4 is 22.4 Å². The Morgan fingerprint density at radius 2 is 1.81 bits per heavy atom. The number of nitrogens with one attached hydrogen (secondary N) is 1. The molecule has 0 bridgehead atoms. The molecule has 0 aliphatic rings. The van der Waals surface area contributed by atoms with Crippen molar-refractivity contribution in [2.45, 2.75) is 6.42 Å². The molecule has 134 valence electrons. The summed E-state index contributed by atoms with van der Waals surface area (Å²) in [6.45, 7) is 0.706. The van der Waals surface area contributed by atoms with Crippen molar-refractivity contribution in [3.05, 3.63) is 65.0 Å². The lowest BCUT2D eigenvalue weighted by Crippen LogP contribution is -2.11. The molecule has 0 fully saturated rings. The van der Waals surface area contributed by atoms with Gasteiger partial charge in [0.2, 0.25) is 0 Å². The van der Waals surface area contributed by atoms with E-state index < -0.39 is 0 Å². The first-order chi connectivity index (χ1) is 12.7. The zero-order chi connectivity index (χ0) is 18.4. The summed E-state index contributed by atoms with van der Waals surface area (Å²) >= 11 is 1.41. The zero-order valence-electron chi connectivity index (χ0n) is 14.7. The van der Waals surface area contributed by atoms with Crippen molar-refractivity contribution in [1.29, 1.82) is 0 Å². The third kappa shape index (κ3) is 4.47. The number of anilines is 1. The number of carbonyl (C=O) groups excluding carboxylic acids is 1. The van der Waals surface area contributed by atoms with E-state index in [9.17, 15) is 4.79 Å². The van der Waals surface area contributed by atoms with E-state index in [0.717, 1.165) is 17.7 Å². The maximum Gasteiger partial charge on any atom is 0.257 e. The van der Waals surface area contributed by atoms with Crippen LogP contribution in [0.25, 0.3) is 11.3 Å². The van der Waals surface area contributed by atoms with Crippen LogP contribution in [0.5, 0.6) is 5.75 Å². The molecule has 0 atom stereocenters. The van der Waals surface area contributed by atoms with Crippen LogP contribution in [0, 0.1) is 0 Å². The molecule has 0 aliphatic carbocycles. The van der Waals surface area contributed by atoms with E-state index in [0.29, 0.717) is 23.1 Å². The molecule has 1 aromatic heterocycles. The SMILES string of the molecule is COCCc1ccc(-c2csc(NC(=O)c3ccc(OC)cc3)n2)cc1. The lowest BCUT2D eigenvalue weighted by atomic mass is 10.1. The van der Waals surface area contributed by atoms with Crippen LogP contribution in [-0.4, -0.2) is 31.7 Å². The molecular formula is C20H20N2O3S. The van der Waals surface area contributed by atoms with Gasteiger partial charge in [-0.2, -0.15) is 0 Å². The van der Waals surface area contributed by atoms with E-state index in [2.05, 4.69) is 22.4 Å². The number of nitrogens with zero attached hydrogens (tertiary/aromatic N) is 1. The Morgan fingerprint density at radius 3 is 2.46 bits per heavy atom. The van der Waals surface area contributed by atoms with Gasteiger partial charge in [0.1, 0.15) is 5.75 Å². The first-order valence-corrected chi connectivity index (χ1v) is 9.07. The van der Waals surface area contributed by atoms with Gasteiger partial charge in [-0.1, -0.05) is 24.3 Å². The molecule has 0 saturated carbocycles. The highest BCUT2D eigenvalue weighted by Gasteiger charge is 2.10. The van der Waals surface area contributed by atoms with Crippen LogP contribution in [0.15, 0.2) is 53.9 Å². The Kier molecular flexibility index (Phi) is 5.99. The molecule has 3 aromatic rings. The van der Waals surface area contributed by atoms with Gasteiger partial charge in [0, 0.05) is 23.6 Å². The van der Waals surface area contributed by atoms with Gasteiger partial charge >= 0.3 is 0 Å². The summed E-state index contributed by atoms with van der Waals surface area (Å²) in [5.74, 6) is 0.524. The number of amides is 1. The first kappa shape index (κ1) is 18.1. The molecule has 1 N–H and O–H groups in total. The van der Waals surface area contributed by atoms with Crippen LogP contribution in [-0.2, 0) is 11.2 Å². The Morgan fingerprint density at radius 1 is 1.08 bits per heavy atom. The van der Waals surface area contributed by atoms with E-state index in [-0.39, 0.29) is 5.91 Å². The van der Waals surface area contributed by atoms with Crippen molar-refractivity contribution in [1.82, 2.24) is 4.98 Å². The number of rotatable bonds is 7. The summed E-state index contributed by atoms with van der Waals surface area (Å²) in [7, 11) is 3.29. The summed E-state index contributed by atoms with van der Waals surface area (Å²) in [4.78, 5) is 16.8. The second-order valence-corrected chi connectivity index (χ2v) is 6.52. The largest absolute Gasteiger partial charge is 0.497 e. The second-order valence-electron chi connectivity index (χ2n) is 5.66. The topological polar surface area (TPSA) is 60.5 Å². The Bertz CT molecular complexity index is 858. The van der Waals surface area contributed by atoms with Crippen molar-refractivity contribution in [3.8, 4) is 17.0 Å². The van der Waals surface area contributed by atoms with E-state index in [1.807, 2.05) is 17.5 Å². The van der Waals surface area contributed by atoms with Crippen molar-refractivity contribution in [3.63, 3.8) is 0 Å². The van der Waals surface area contributed by atoms with Gasteiger partial charge in [-0.15, -0.1) is 11.3 Å². The summed E-state index contributed by atoms with van der Waals surface area (Å²) < 4.78 is 10.2. The maximum absolute atomic E-state index is 12.3. The fraction of sp³-hybridized carbons (Fsp3) is 0.200. The zero-order valence-corrected chi connectivity index (χ0v) is 15.5. The highest BCUT2D eigenvalue weighted by atomic mass is 32.1.